The summed E-state index contributed by atoms with van der Waals surface area (Å²) < 4.78 is 1.67. The van der Waals surface area contributed by atoms with Crippen LogP contribution < -0.4 is 0 Å². The lowest BCUT2D eigenvalue weighted by Gasteiger charge is -2.25. The maximum atomic E-state index is 12.4. The number of para-hydroxylation sites is 1. The third-order valence-corrected chi connectivity index (χ3v) is 3.08. The minimum Gasteiger partial charge on any atom is -0.395 e. The Morgan fingerprint density at radius 1 is 1.35 bits per heavy atom. The van der Waals surface area contributed by atoms with Gasteiger partial charge in [-0.2, -0.15) is 5.10 Å². The minimum absolute atomic E-state index is 0.0368. The fourth-order valence-corrected chi connectivity index (χ4v) is 2.02. The van der Waals surface area contributed by atoms with Crippen LogP contribution in [0.2, 0.25) is 0 Å². The van der Waals surface area contributed by atoms with Crippen LogP contribution in [-0.4, -0.2) is 44.9 Å². The highest BCUT2D eigenvalue weighted by Crippen LogP contribution is 2.11. The average molecular weight is 273 g/mol. The first-order chi connectivity index (χ1) is 9.63. The van der Waals surface area contributed by atoms with Gasteiger partial charge in [-0.05, 0) is 26.0 Å². The quantitative estimate of drug-likeness (QED) is 0.902. The maximum absolute atomic E-state index is 12.4. The smallest absolute Gasteiger partial charge is 0.257 e. The molecule has 2 aromatic rings. The van der Waals surface area contributed by atoms with Crippen LogP contribution in [0.1, 0.15) is 24.2 Å². The molecule has 106 valence electrons. The van der Waals surface area contributed by atoms with E-state index in [1.807, 2.05) is 44.2 Å². The second kappa shape index (κ2) is 6.34. The monoisotopic (exact) mass is 273 g/mol. The van der Waals surface area contributed by atoms with Gasteiger partial charge in [0.1, 0.15) is 0 Å². The molecular weight excluding hydrogens is 254 g/mol. The largest absolute Gasteiger partial charge is 0.395 e. The third-order valence-electron chi connectivity index (χ3n) is 3.08. The van der Waals surface area contributed by atoms with Gasteiger partial charge < -0.3 is 10.0 Å². The Labute approximate surface area is 118 Å². The van der Waals surface area contributed by atoms with Crippen molar-refractivity contribution < 1.29 is 9.90 Å². The van der Waals surface area contributed by atoms with Crippen molar-refractivity contribution in [3.8, 4) is 5.69 Å². The molecule has 0 fully saturated rings. The van der Waals surface area contributed by atoms with E-state index in [2.05, 4.69) is 5.10 Å². The summed E-state index contributed by atoms with van der Waals surface area (Å²) in [5, 5.41) is 13.3. The standard InChI is InChI=1S/C15H19N3O2/c1-12(2)17(8-9-19)15(20)13-10-16-18(11-13)14-6-4-3-5-7-14/h3-7,10-12,19H,8-9H2,1-2H3. The van der Waals surface area contributed by atoms with Gasteiger partial charge in [0.15, 0.2) is 0 Å². The number of hydrogen-bond acceptors (Lipinski definition) is 3. The van der Waals surface area contributed by atoms with Gasteiger partial charge in [-0.1, -0.05) is 18.2 Å². The molecule has 1 aromatic carbocycles. The Bertz CT molecular complexity index is 564. The molecule has 0 saturated heterocycles. The lowest BCUT2D eigenvalue weighted by molar-refractivity contribution is 0.0665. The number of amides is 1. The molecular formula is C15H19N3O2. The molecule has 1 heterocycles. The summed E-state index contributed by atoms with van der Waals surface area (Å²) >= 11 is 0. The molecule has 0 saturated carbocycles. The summed E-state index contributed by atoms with van der Waals surface area (Å²) in [6.45, 7) is 4.13. The number of carbonyl (C=O) groups is 1. The summed E-state index contributed by atoms with van der Waals surface area (Å²) in [5.41, 5.74) is 1.43. The van der Waals surface area contributed by atoms with Crippen LogP contribution in [-0.2, 0) is 0 Å². The topological polar surface area (TPSA) is 58.4 Å². The summed E-state index contributed by atoms with van der Waals surface area (Å²) in [7, 11) is 0. The zero-order valence-corrected chi connectivity index (χ0v) is 11.7. The third kappa shape index (κ3) is 3.05. The SMILES string of the molecule is CC(C)N(CCO)C(=O)c1cnn(-c2ccccc2)c1. The lowest BCUT2D eigenvalue weighted by atomic mass is 10.2. The Hall–Kier alpha value is -2.14. The molecule has 0 aliphatic carbocycles. The first-order valence-electron chi connectivity index (χ1n) is 6.65. The van der Waals surface area contributed by atoms with E-state index in [-0.39, 0.29) is 18.6 Å². The Balaban J connectivity index is 2.22. The molecule has 0 spiro atoms. The number of carbonyl (C=O) groups excluding carboxylic acids is 1. The number of benzene rings is 1. The highest BCUT2D eigenvalue weighted by Gasteiger charge is 2.19. The summed E-state index contributed by atoms with van der Waals surface area (Å²) in [6.07, 6.45) is 3.27. The number of hydrogen-bond donors (Lipinski definition) is 1. The molecule has 0 bridgehead atoms. The lowest BCUT2D eigenvalue weighted by Crippen LogP contribution is -2.38. The molecule has 0 radical (unpaired) electrons. The van der Waals surface area contributed by atoms with Crippen LogP contribution in [0.5, 0.6) is 0 Å². The van der Waals surface area contributed by atoms with Crippen LogP contribution in [0.15, 0.2) is 42.7 Å². The molecule has 1 amide bonds. The highest BCUT2D eigenvalue weighted by molar-refractivity contribution is 5.94. The van der Waals surface area contributed by atoms with Crippen LogP contribution in [0.3, 0.4) is 0 Å². The van der Waals surface area contributed by atoms with Gasteiger partial charge in [0.05, 0.1) is 24.1 Å². The minimum atomic E-state index is -0.115. The van der Waals surface area contributed by atoms with Crippen molar-refractivity contribution in [3.05, 3.63) is 48.3 Å². The zero-order chi connectivity index (χ0) is 14.5. The Morgan fingerprint density at radius 3 is 2.65 bits per heavy atom. The maximum Gasteiger partial charge on any atom is 0.257 e. The Kier molecular flexibility index (Phi) is 4.53. The van der Waals surface area contributed by atoms with Crippen LogP contribution in [0.25, 0.3) is 5.69 Å². The number of aromatic nitrogens is 2. The average Bonchev–Trinajstić information content (AvgIpc) is 2.94. The van der Waals surface area contributed by atoms with E-state index < -0.39 is 0 Å². The molecule has 0 unspecified atom stereocenters. The molecule has 0 atom stereocenters. The molecule has 1 aromatic heterocycles. The second-order valence-electron chi connectivity index (χ2n) is 4.83. The van der Waals surface area contributed by atoms with E-state index >= 15 is 0 Å². The van der Waals surface area contributed by atoms with E-state index in [0.717, 1.165) is 5.69 Å². The van der Waals surface area contributed by atoms with Crippen molar-refractivity contribution in [1.82, 2.24) is 14.7 Å². The zero-order valence-electron chi connectivity index (χ0n) is 11.7. The van der Waals surface area contributed by atoms with Crippen molar-refractivity contribution in [3.63, 3.8) is 0 Å². The summed E-state index contributed by atoms with van der Waals surface area (Å²) in [6, 6.07) is 9.66. The van der Waals surface area contributed by atoms with E-state index in [9.17, 15) is 4.79 Å². The van der Waals surface area contributed by atoms with Gasteiger partial charge >= 0.3 is 0 Å². The Morgan fingerprint density at radius 2 is 2.05 bits per heavy atom. The number of aliphatic hydroxyl groups is 1. The van der Waals surface area contributed by atoms with Crippen molar-refractivity contribution >= 4 is 5.91 Å². The van der Waals surface area contributed by atoms with Gasteiger partial charge in [0.25, 0.3) is 5.91 Å². The van der Waals surface area contributed by atoms with Crippen molar-refractivity contribution in [2.75, 3.05) is 13.2 Å². The van der Waals surface area contributed by atoms with Crippen molar-refractivity contribution in [2.24, 2.45) is 0 Å². The molecule has 5 heteroatoms. The van der Waals surface area contributed by atoms with Crippen LogP contribution in [0, 0.1) is 0 Å². The fourth-order valence-electron chi connectivity index (χ4n) is 2.02. The van der Waals surface area contributed by atoms with Crippen molar-refractivity contribution in [1.29, 1.82) is 0 Å². The fraction of sp³-hybridized carbons (Fsp3) is 0.333. The molecule has 2 rings (SSSR count). The second-order valence-corrected chi connectivity index (χ2v) is 4.83. The number of rotatable bonds is 5. The normalized spacial score (nSPS) is 10.8. The summed E-state index contributed by atoms with van der Waals surface area (Å²) in [5.74, 6) is -0.115. The highest BCUT2D eigenvalue weighted by atomic mass is 16.3. The van der Waals surface area contributed by atoms with E-state index in [1.54, 1.807) is 22.0 Å². The van der Waals surface area contributed by atoms with Gasteiger partial charge in [-0.3, -0.25) is 4.79 Å². The number of aliphatic hydroxyl groups excluding tert-OH is 1. The molecule has 20 heavy (non-hydrogen) atoms. The van der Waals surface area contributed by atoms with Crippen molar-refractivity contribution in [2.45, 2.75) is 19.9 Å². The van der Waals surface area contributed by atoms with Gasteiger partial charge in [-0.25, -0.2) is 4.68 Å². The van der Waals surface area contributed by atoms with Gasteiger partial charge in [0, 0.05) is 18.8 Å². The van der Waals surface area contributed by atoms with Gasteiger partial charge in [-0.15, -0.1) is 0 Å². The molecule has 0 aliphatic heterocycles. The number of nitrogens with zero attached hydrogens (tertiary/aromatic N) is 3. The predicted octanol–water partition coefficient (Wildman–Crippen LogP) is 1.72. The summed E-state index contributed by atoms with van der Waals surface area (Å²) in [4.78, 5) is 14.0. The first-order valence-corrected chi connectivity index (χ1v) is 6.65. The van der Waals surface area contributed by atoms with E-state index in [0.29, 0.717) is 12.1 Å². The predicted molar refractivity (Wildman–Crippen MR) is 76.8 cm³/mol. The van der Waals surface area contributed by atoms with Gasteiger partial charge in [0.2, 0.25) is 0 Å². The van der Waals surface area contributed by atoms with Crippen LogP contribution >= 0.6 is 0 Å². The van der Waals surface area contributed by atoms with E-state index in [1.165, 1.54) is 0 Å². The molecule has 1 N–H and O–H groups in total. The first kappa shape index (κ1) is 14.3. The molecule has 5 nitrogen and oxygen atoms in total. The van der Waals surface area contributed by atoms with E-state index in [4.69, 9.17) is 5.11 Å². The van der Waals surface area contributed by atoms with Crippen LogP contribution in [0.4, 0.5) is 0 Å². The molecule has 0 aliphatic rings.